The first-order chi connectivity index (χ1) is 13.0. The Hall–Kier alpha value is -2.10. The van der Waals surface area contributed by atoms with Crippen LogP contribution in [0.2, 0.25) is 0 Å². The third-order valence-corrected chi connectivity index (χ3v) is 5.22. The largest absolute Gasteiger partial charge is 0.257 e. The maximum absolute atomic E-state index is 9.23. The Morgan fingerprint density at radius 3 is 2.74 bits per heavy atom. The van der Waals surface area contributed by atoms with Gasteiger partial charge in [-0.05, 0) is 96.8 Å². The third kappa shape index (κ3) is 9.41. The van der Waals surface area contributed by atoms with Crippen molar-refractivity contribution in [2.45, 2.75) is 86.0 Å². The smallest absolute Gasteiger partial charge is 0.102 e. The number of nitrogens with zero attached hydrogens (tertiary/aromatic N) is 2. The van der Waals surface area contributed by atoms with Gasteiger partial charge < -0.3 is 0 Å². The highest BCUT2D eigenvalue weighted by Crippen LogP contribution is 2.28. The second-order valence-corrected chi connectivity index (χ2v) is 7.54. The highest BCUT2D eigenvalue weighted by Gasteiger charge is 2.12. The number of rotatable bonds is 8. The Morgan fingerprint density at radius 1 is 1.30 bits per heavy atom. The molecular formula is C25H36N2. The third-order valence-electron chi connectivity index (χ3n) is 5.22. The monoisotopic (exact) mass is 364 g/mol. The lowest BCUT2D eigenvalue weighted by Crippen LogP contribution is -1.99. The van der Waals surface area contributed by atoms with E-state index in [0.717, 1.165) is 23.7 Å². The van der Waals surface area contributed by atoms with Crippen molar-refractivity contribution in [2.24, 2.45) is 10.9 Å². The van der Waals surface area contributed by atoms with Gasteiger partial charge in [-0.2, -0.15) is 5.26 Å². The van der Waals surface area contributed by atoms with Crippen LogP contribution in [0.15, 0.2) is 57.4 Å². The summed E-state index contributed by atoms with van der Waals surface area (Å²) in [6.07, 6.45) is 18.3. The van der Waals surface area contributed by atoms with Crippen LogP contribution in [-0.2, 0) is 0 Å². The lowest BCUT2D eigenvalue weighted by Gasteiger charge is -2.14. The van der Waals surface area contributed by atoms with Crippen molar-refractivity contribution < 1.29 is 0 Å². The minimum absolute atomic E-state index is 0.562. The molecule has 1 rings (SSSR count). The van der Waals surface area contributed by atoms with Crippen LogP contribution in [0.25, 0.3) is 0 Å². The molecule has 0 heterocycles. The molecule has 0 aromatic rings. The molecule has 0 aromatic heterocycles. The molecule has 1 atom stereocenters. The number of nitriles is 1. The Kier molecular flexibility index (Phi) is 11.2. The Balaban J connectivity index is 2.55. The quantitative estimate of drug-likeness (QED) is 0.143. The molecule has 0 saturated heterocycles. The van der Waals surface area contributed by atoms with Crippen molar-refractivity contribution in [3.05, 3.63) is 52.5 Å². The van der Waals surface area contributed by atoms with Crippen LogP contribution in [0.3, 0.4) is 0 Å². The summed E-state index contributed by atoms with van der Waals surface area (Å²) in [4.78, 5) is 4.57. The van der Waals surface area contributed by atoms with Gasteiger partial charge in [-0.25, -0.2) is 0 Å². The lowest BCUT2D eigenvalue weighted by atomic mass is 9.92. The molecule has 1 unspecified atom stereocenters. The van der Waals surface area contributed by atoms with Crippen LogP contribution < -0.4 is 0 Å². The van der Waals surface area contributed by atoms with Crippen LogP contribution in [0.1, 0.15) is 86.0 Å². The summed E-state index contributed by atoms with van der Waals surface area (Å²) in [6, 6.07) is 2.19. The molecule has 1 aliphatic rings. The molecule has 0 spiro atoms. The normalized spacial score (nSPS) is 19.3. The molecule has 0 bridgehead atoms. The summed E-state index contributed by atoms with van der Waals surface area (Å²) in [5.74, 6) is 0.884. The molecule has 0 N–H and O–H groups in total. The minimum atomic E-state index is 0.562. The fraction of sp³-hybridized carbons (Fsp3) is 0.560. The molecular weight excluding hydrogens is 328 g/mol. The number of allylic oxidation sites excluding steroid dienone is 7. The van der Waals surface area contributed by atoms with E-state index in [2.05, 4.69) is 42.8 Å². The van der Waals surface area contributed by atoms with Gasteiger partial charge in [0.25, 0.3) is 0 Å². The summed E-state index contributed by atoms with van der Waals surface area (Å²) in [5.41, 5.74) is 8.23. The average Bonchev–Trinajstić information content (AvgIpc) is 2.87. The number of aliphatic imine (C=N–C) groups is 1. The molecule has 0 amide bonds. The molecule has 1 aliphatic carbocycles. The zero-order chi connectivity index (χ0) is 20.1. The second-order valence-electron chi connectivity index (χ2n) is 7.54. The highest BCUT2D eigenvalue weighted by molar-refractivity contribution is 5.94. The van der Waals surface area contributed by atoms with Gasteiger partial charge in [0.05, 0.1) is 11.3 Å². The maximum Gasteiger partial charge on any atom is 0.102 e. The summed E-state index contributed by atoms with van der Waals surface area (Å²) in [5, 5.41) is 9.23. The van der Waals surface area contributed by atoms with Crippen LogP contribution in [-0.4, -0.2) is 5.71 Å². The molecule has 2 nitrogen and oxygen atoms in total. The molecule has 0 aliphatic heterocycles. The van der Waals surface area contributed by atoms with Crippen molar-refractivity contribution in [3.8, 4) is 6.07 Å². The molecule has 27 heavy (non-hydrogen) atoms. The predicted octanol–water partition coefficient (Wildman–Crippen LogP) is 7.62. The number of hydrogen-bond donors (Lipinski definition) is 0. The molecule has 2 heteroatoms. The van der Waals surface area contributed by atoms with Gasteiger partial charge in [0.2, 0.25) is 0 Å². The molecule has 146 valence electrons. The van der Waals surface area contributed by atoms with Crippen molar-refractivity contribution in [2.75, 3.05) is 0 Å². The first kappa shape index (κ1) is 22.9. The van der Waals surface area contributed by atoms with E-state index in [9.17, 15) is 5.26 Å². The maximum atomic E-state index is 9.23. The van der Waals surface area contributed by atoms with Gasteiger partial charge in [-0.1, -0.05) is 30.6 Å². The van der Waals surface area contributed by atoms with Gasteiger partial charge in [-0.15, -0.1) is 5.73 Å². The Bertz CT molecular complexity index is 701. The van der Waals surface area contributed by atoms with Gasteiger partial charge in [0, 0.05) is 5.71 Å². The molecule has 0 radical (unpaired) electrons. The van der Waals surface area contributed by atoms with Crippen molar-refractivity contribution in [3.63, 3.8) is 0 Å². The molecule has 0 fully saturated rings. The van der Waals surface area contributed by atoms with E-state index in [1.807, 2.05) is 20.8 Å². The predicted molar refractivity (Wildman–Crippen MR) is 118 cm³/mol. The van der Waals surface area contributed by atoms with E-state index in [1.165, 1.54) is 50.5 Å². The van der Waals surface area contributed by atoms with Crippen molar-refractivity contribution in [1.29, 1.82) is 5.26 Å². The summed E-state index contributed by atoms with van der Waals surface area (Å²) >= 11 is 0. The Morgan fingerprint density at radius 2 is 2.07 bits per heavy atom. The van der Waals surface area contributed by atoms with Gasteiger partial charge in [-0.3, -0.25) is 4.99 Å². The number of hydrogen-bond acceptors (Lipinski definition) is 2. The average molecular weight is 365 g/mol. The fourth-order valence-electron chi connectivity index (χ4n) is 3.61. The van der Waals surface area contributed by atoms with Crippen LogP contribution in [0.4, 0.5) is 0 Å². The zero-order valence-electron chi connectivity index (χ0n) is 17.9. The molecule has 0 aromatic carbocycles. The topological polar surface area (TPSA) is 36.1 Å². The second kappa shape index (κ2) is 13.1. The van der Waals surface area contributed by atoms with E-state index >= 15 is 0 Å². The standard InChI is InChI=1S/C25H36N2/c1-6-8-15-25(19-26)22(5)27-21(4)18-20(3)11-9-13-24-14-10-12-23(7-2)16-17-24/h6,12,15,18,24H,7,9-11,13-14,16-17H2,1-5H3/b20-18-,25-22+,27-21-. The summed E-state index contributed by atoms with van der Waals surface area (Å²) in [6.45, 7) is 10.2. The van der Waals surface area contributed by atoms with Crippen LogP contribution in [0.5, 0.6) is 0 Å². The van der Waals surface area contributed by atoms with Crippen LogP contribution in [0, 0.1) is 17.2 Å². The van der Waals surface area contributed by atoms with Gasteiger partial charge in [0.1, 0.15) is 6.07 Å². The fourth-order valence-corrected chi connectivity index (χ4v) is 3.61. The summed E-state index contributed by atoms with van der Waals surface area (Å²) in [7, 11) is 0. The summed E-state index contributed by atoms with van der Waals surface area (Å²) < 4.78 is 0. The van der Waals surface area contributed by atoms with E-state index in [4.69, 9.17) is 0 Å². The Labute approximate surface area is 166 Å². The van der Waals surface area contributed by atoms with Gasteiger partial charge in [0.15, 0.2) is 0 Å². The zero-order valence-corrected chi connectivity index (χ0v) is 17.9. The SMILES string of the molecule is CC=C=C\C(C#N)=C(C)/N=C(C)\C=C(\C)CCCC1CCC=C(CC)CC1. The van der Waals surface area contributed by atoms with E-state index in [1.54, 1.807) is 17.7 Å². The van der Waals surface area contributed by atoms with E-state index in [-0.39, 0.29) is 0 Å². The van der Waals surface area contributed by atoms with E-state index in [0.29, 0.717) is 5.57 Å². The van der Waals surface area contributed by atoms with Gasteiger partial charge >= 0.3 is 0 Å². The van der Waals surface area contributed by atoms with Crippen LogP contribution >= 0.6 is 0 Å². The first-order valence-corrected chi connectivity index (χ1v) is 10.4. The first-order valence-electron chi connectivity index (χ1n) is 10.4. The minimum Gasteiger partial charge on any atom is -0.257 e. The van der Waals surface area contributed by atoms with Crippen molar-refractivity contribution >= 4 is 5.71 Å². The molecule has 0 saturated carbocycles. The lowest BCUT2D eigenvalue weighted by molar-refractivity contribution is 0.418. The van der Waals surface area contributed by atoms with E-state index < -0.39 is 0 Å². The highest BCUT2D eigenvalue weighted by atomic mass is 14.7. The van der Waals surface area contributed by atoms with Crippen molar-refractivity contribution in [1.82, 2.24) is 0 Å².